The highest BCUT2D eigenvalue weighted by atomic mass is 32.2. The molecule has 156 valence electrons. The van der Waals surface area contributed by atoms with Crippen LogP contribution in [-0.2, 0) is 24.3 Å². The largest absolute Gasteiger partial charge is 0.481 e. The van der Waals surface area contributed by atoms with Crippen LogP contribution < -0.4 is 5.32 Å². The minimum atomic E-state index is -3.68. The lowest BCUT2D eigenvalue weighted by Gasteiger charge is -2.41. The van der Waals surface area contributed by atoms with E-state index in [0.717, 1.165) is 12.8 Å². The van der Waals surface area contributed by atoms with E-state index in [4.69, 9.17) is 4.74 Å². The maximum atomic E-state index is 13.0. The molecule has 9 heteroatoms. The third-order valence-corrected chi connectivity index (χ3v) is 7.94. The first-order chi connectivity index (χ1) is 13.9. The van der Waals surface area contributed by atoms with Gasteiger partial charge in [0.15, 0.2) is 0 Å². The summed E-state index contributed by atoms with van der Waals surface area (Å²) in [5.41, 5.74) is 0.346. The maximum absolute atomic E-state index is 13.0. The van der Waals surface area contributed by atoms with Gasteiger partial charge in [0.1, 0.15) is 0 Å². The van der Waals surface area contributed by atoms with E-state index in [1.165, 1.54) is 16.4 Å². The van der Waals surface area contributed by atoms with E-state index in [-0.39, 0.29) is 35.7 Å². The molecule has 0 radical (unpaired) electrons. The number of carbonyl (C=O) groups excluding carboxylic acids is 1. The zero-order valence-electron chi connectivity index (χ0n) is 15.9. The van der Waals surface area contributed by atoms with Crippen molar-refractivity contribution in [3.05, 3.63) is 36.4 Å². The molecule has 4 atom stereocenters. The minimum absolute atomic E-state index is 0.0945. The van der Waals surface area contributed by atoms with E-state index in [1.54, 1.807) is 12.1 Å². The fraction of sp³-hybridized carbons (Fsp3) is 0.500. The van der Waals surface area contributed by atoms with Gasteiger partial charge in [-0.25, -0.2) is 8.42 Å². The molecule has 8 nitrogen and oxygen atoms in total. The molecule has 4 aliphatic rings. The van der Waals surface area contributed by atoms with Crippen LogP contribution in [0.1, 0.15) is 12.8 Å². The Labute approximate surface area is 169 Å². The van der Waals surface area contributed by atoms with E-state index in [0.29, 0.717) is 18.9 Å². The number of rotatable bonds is 5. The van der Waals surface area contributed by atoms with Gasteiger partial charge in [-0.1, -0.05) is 18.2 Å². The lowest BCUT2D eigenvalue weighted by Crippen LogP contribution is -2.47. The standard InChI is InChI=1S/C20H24N2O6S/c23-19(17-13-4-6-14(7-5-13)18(17)20(24)25)21-15-2-1-3-16(12-15)29(26,27)22-8-10-28-11-9-22/h1-4,6,12-14,17-18H,5,7-11H2,(H,21,23)(H,24,25)/t13-,14-,17+,18+/m0/s1. The number of fused-ring (bicyclic) bond motifs is 2. The van der Waals surface area contributed by atoms with Gasteiger partial charge < -0.3 is 15.2 Å². The molecule has 5 rings (SSSR count). The monoisotopic (exact) mass is 420 g/mol. The first-order valence-electron chi connectivity index (χ1n) is 9.78. The lowest BCUT2D eigenvalue weighted by atomic mass is 9.62. The molecule has 2 fully saturated rings. The van der Waals surface area contributed by atoms with Crippen LogP contribution in [0.25, 0.3) is 0 Å². The summed E-state index contributed by atoms with van der Waals surface area (Å²) in [4.78, 5) is 24.8. The SMILES string of the molecule is O=C(O)[C@H]1[C@H](C(=O)Nc2cccc(S(=O)(=O)N3CCOCC3)c2)[C@H]2C=C[C@H]1CC2. The van der Waals surface area contributed by atoms with Crippen LogP contribution >= 0.6 is 0 Å². The Balaban J connectivity index is 1.54. The molecule has 2 N–H and O–H groups in total. The number of nitrogens with one attached hydrogen (secondary N) is 1. The van der Waals surface area contributed by atoms with E-state index >= 15 is 0 Å². The third-order valence-electron chi connectivity index (χ3n) is 6.05. The van der Waals surface area contributed by atoms with Gasteiger partial charge in [0.05, 0.1) is 29.9 Å². The number of carboxylic acids is 1. The van der Waals surface area contributed by atoms with Crippen molar-refractivity contribution in [2.45, 2.75) is 17.7 Å². The second-order valence-electron chi connectivity index (χ2n) is 7.71. The van der Waals surface area contributed by atoms with Crippen molar-refractivity contribution < 1.29 is 27.9 Å². The van der Waals surface area contributed by atoms with E-state index < -0.39 is 27.8 Å². The first kappa shape index (κ1) is 20.1. The molecular formula is C20H24N2O6S. The van der Waals surface area contributed by atoms with Gasteiger partial charge in [-0.15, -0.1) is 0 Å². The molecule has 1 aromatic carbocycles. The number of sulfonamides is 1. The number of nitrogens with zero attached hydrogens (tertiary/aromatic N) is 1. The summed E-state index contributed by atoms with van der Waals surface area (Å²) in [7, 11) is -3.68. The van der Waals surface area contributed by atoms with Crippen LogP contribution in [-0.4, -0.2) is 56.0 Å². The molecule has 1 saturated heterocycles. The summed E-state index contributed by atoms with van der Waals surface area (Å²) < 4.78 is 32.3. The number of amides is 1. The Hall–Kier alpha value is -2.23. The minimum Gasteiger partial charge on any atom is -0.481 e. The third kappa shape index (κ3) is 3.82. The molecule has 29 heavy (non-hydrogen) atoms. The van der Waals surface area contributed by atoms with Gasteiger partial charge in [-0.2, -0.15) is 4.31 Å². The van der Waals surface area contributed by atoms with Crippen molar-refractivity contribution in [3.8, 4) is 0 Å². The van der Waals surface area contributed by atoms with Crippen molar-refractivity contribution in [1.82, 2.24) is 4.31 Å². The molecule has 1 heterocycles. The number of hydrogen-bond donors (Lipinski definition) is 2. The average Bonchev–Trinajstić information content (AvgIpc) is 2.74. The molecule has 1 aliphatic heterocycles. The van der Waals surface area contributed by atoms with Crippen LogP contribution in [0.3, 0.4) is 0 Å². The fourth-order valence-corrected chi connectivity index (χ4v) is 6.04. The van der Waals surface area contributed by atoms with Crippen LogP contribution in [0.4, 0.5) is 5.69 Å². The number of morpholine rings is 1. The number of benzene rings is 1. The molecular weight excluding hydrogens is 396 g/mol. The van der Waals surface area contributed by atoms with Crippen LogP contribution in [0.15, 0.2) is 41.3 Å². The van der Waals surface area contributed by atoms with Crippen molar-refractivity contribution >= 4 is 27.6 Å². The van der Waals surface area contributed by atoms with Crippen LogP contribution in [0.2, 0.25) is 0 Å². The van der Waals surface area contributed by atoms with Crippen LogP contribution in [0, 0.1) is 23.7 Å². The van der Waals surface area contributed by atoms with E-state index in [9.17, 15) is 23.1 Å². The van der Waals surface area contributed by atoms with Gasteiger partial charge in [0.2, 0.25) is 15.9 Å². The second-order valence-corrected chi connectivity index (χ2v) is 9.65. The number of carboxylic acid groups (broad SMARTS) is 1. The Bertz CT molecular complexity index is 938. The number of allylic oxidation sites excluding steroid dienone is 2. The van der Waals surface area contributed by atoms with Gasteiger partial charge in [0, 0.05) is 18.8 Å². The molecule has 2 bridgehead atoms. The predicted octanol–water partition coefficient (Wildman–Crippen LogP) is 1.56. The molecule has 0 spiro atoms. The number of ether oxygens (including phenoxy) is 1. The van der Waals surface area contributed by atoms with Crippen molar-refractivity contribution in [1.29, 1.82) is 0 Å². The summed E-state index contributed by atoms with van der Waals surface area (Å²) in [5, 5.41) is 12.4. The number of aliphatic carboxylic acids is 1. The normalized spacial score (nSPS) is 29.5. The summed E-state index contributed by atoms with van der Waals surface area (Å²) in [6.45, 7) is 1.28. The fourth-order valence-electron chi connectivity index (χ4n) is 4.58. The average molecular weight is 420 g/mol. The molecule has 1 saturated carbocycles. The summed E-state index contributed by atoms with van der Waals surface area (Å²) in [6, 6.07) is 6.11. The molecule has 3 aliphatic carbocycles. The Morgan fingerprint density at radius 2 is 1.72 bits per heavy atom. The first-order valence-corrected chi connectivity index (χ1v) is 11.2. The highest BCUT2D eigenvalue weighted by molar-refractivity contribution is 7.89. The van der Waals surface area contributed by atoms with Crippen molar-refractivity contribution in [2.75, 3.05) is 31.6 Å². The molecule has 1 aromatic rings. The summed E-state index contributed by atoms with van der Waals surface area (Å²) >= 11 is 0. The van der Waals surface area contributed by atoms with Gasteiger partial charge in [-0.05, 0) is 42.9 Å². The van der Waals surface area contributed by atoms with Crippen molar-refractivity contribution in [2.24, 2.45) is 23.7 Å². The van der Waals surface area contributed by atoms with Crippen molar-refractivity contribution in [3.63, 3.8) is 0 Å². The smallest absolute Gasteiger partial charge is 0.307 e. The van der Waals surface area contributed by atoms with Crippen LogP contribution in [0.5, 0.6) is 0 Å². The Morgan fingerprint density at radius 3 is 2.34 bits per heavy atom. The predicted molar refractivity (Wildman–Crippen MR) is 105 cm³/mol. The summed E-state index contributed by atoms with van der Waals surface area (Å²) in [5.74, 6) is -3.00. The Kier molecular flexibility index (Phi) is 5.46. The van der Waals surface area contributed by atoms with E-state index in [1.807, 2.05) is 12.2 Å². The zero-order chi connectivity index (χ0) is 20.6. The number of hydrogen-bond acceptors (Lipinski definition) is 5. The van der Waals surface area contributed by atoms with Gasteiger partial charge in [-0.3, -0.25) is 9.59 Å². The molecule has 0 unspecified atom stereocenters. The topological polar surface area (TPSA) is 113 Å². The highest BCUT2D eigenvalue weighted by Gasteiger charge is 2.48. The zero-order valence-corrected chi connectivity index (χ0v) is 16.7. The lowest BCUT2D eigenvalue weighted by molar-refractivity contribution is -0.151. The van der Waals surface area contributed by atoms with Gasteiger partial charge in [0.25, 0.3) is 0 Å². The summed E-state index contributed by atoms with van der Waals surface area (Å²) in [6.07, 6.45) is 5.41. The van der Waals surface area contributed by atoms with E-state index in [2.05, 4.69) is 5.32 Å². The molecule has 0 aromatic heterocycles. The number of carbonyl (C=O) groups is 2. The number of anilines is 1. The Morgan fingerprint density at radius 1 is 1.07 bits per heavy atom. The maximum Gasteiger partial charge on any atom is 0.307 e. The highest BCUT2D eigenvalue weighted by Crippen LogP contribution is 2.45. The molecule has 1 amide bonds. The quantitative estimate of drug-likeness (QED) is 0.699. The van der Waals surface area contributed by atoms with Gasteiger partial charge >= 0.3 is 5.97 Å². The second kappa shape index (κ2) is 7.89.